The molecule has 0 saturated carbocycles. The van der Waals surface area contributed by atoms with Crippen molar-refractivity contribution in [1.82, 2.24) is 9.55 Å². The molecule has 0 spiro atoms. The van der Waals surface area contributed by atoms with Crippen molar-refractivity contribution in [2.75, 3.05) is 0 Å². The molecule has 2 rings (SSSR count). The second-order valence-corrected chi connectivity index (χ2v) is 7.92. The van der Waals surface area contributed by atoms with E-state index in [1.807, 2.05) is 10.8 Å². The minimum Gasteiger partial charge on any atom is -0.459 e. The Bertz CT molecular complexity index is 630. The Hall–Kier alpha value is -1.75. The Labute approximate surface area is 142 Å². The molecule has 0 fully saturated rings. The maximum absolute atomic E-state index is 11.6. The second-order valence-electron chi connectivity index (χ2n) is 6.73. The number of imidazole rings is 1. The van der Waals surface area contributed by atoms with Crippen molar-refractivity contribution in [1.29, 1.82) is 0 Å². The van der Waals surface area contributed by atoms with Crippen molar-refractivity contribution >= 4 is 17.7 Å². The second kappa shape index (κ2) is 7.21. The summed E-state index contributed by atoms with van der Waals surface area (Å²) in [6.45, 7) is 9.78. The van der Waals surface area contributed by atoms with E-state index in [4.69, 9.17) is 4.74 Å². The van der Waals surface area contributed by atoms with Gasteiger partial charge in [0.2, 0.25) is 0 Å². The van der Waals surface area contributed by atoms with E-state index in [9.17, 15) is 4.79 Å². The summed E-state index contributed by atoms with van der Waals surface area (Å²) in [6, 6.07) is 8.37. The summed E-state index contributed by atoms with van der Waals surface area (Å²) in [5, 5.41) is -0.0795. The van der Waals surface area contributed by atoms with Crippen LogP contribution in [0.5, 0.6) is 0 Å². The van der Waals surface area contributed by atoms with Gasteiger partial charge in [0.05, 0.1) is 6.33 Å². The summed E-state index contributed by atoms with van der Waals surface area (Å²) in [4.78, 5) is 16.9. The average molecular weight is 332 g/mol. The van der Waals surface area contributed by atoms with Crippen LogP contribution in [0.15, 0.2) is 47.9 Å². The van der Waals surface area contributed by atoms with E-state index in [2.05, 4.69) is 56.9 Å². The fourth-order valence-corrected chi connectivity index (χ4v) is 3.70. The van der Waals surface area contributed by atoms with Crippen LogP contribution in [0.25, 0.3) is 0 Å². The lowest BCUT2D eigenvalue weighted by atomic mass is 9.88. The lowest BCUT2D eigenvalue weighted by Crippen LogP contribution is -2.37. The van der Waals surface area contributed by atoms with E-state index in [-0.39, 0.29) is 22.9 Å². The number of rotatable bonds is 5. The lowest BCUT2D eigenvalue weighted by Gasteiger charge is -2.36. The SMILES string of the molecule is CC(=O)OC(C(Sc1ccc(C)cc1)n1ccnc1)C(C)(C)C. The first-order chi connectivity index (χ1) is 10.8. The van der Waals surface area contributed by atoms with Crippen LogP contribution in [0.1, 0.15) is 38.6 Å². The highest BCUT2D eigenvalue weighted by molar-refractivity contribution is 7.99. The Kier molecular flexibility index (Phi) is 5.52. The fourth-order valence-electron chi connectivity index (χ4n) is 2.30. The van der Waals surface area contributed by atoms with E-state index in [1.54, 1.807) is 24.3 Å². The first-order valence-electron chi connectivity index (χ1n) is 7.65. The number of nitrogens with zero attached hydrogens (tertiary/aromatic N) is 2. The van der Waals surface area contributed by atoms with Crippen LogP contribution < -0.4 is 0 Å². The topological polar surface area (TPSA) is 44.1 Å². The predicted octanol–water partition coefficient (Wildman–Crippen LogP) is 4.46. The van der Waals surface area contributed by atoms with Gasteiger partial charge in [0.15, 0.2) is 0 Å². The van der Waals surface area contributed by atoms with E-state index in [1.165, 1.54) is 12.5 Å². The third-order valence-electron chi connectivity index (χ3n) is 3.50. The molecule has 2 unspecified atom stereocenters. The van der Waals surface area contributed by atoms with Gasteiger partial charge in [-0.05, 0) is 19.1 Å². The van der Waals surface area contributed by atoms with Gasteiger partial charge in [0.25, 0.3) is 0 Å². The Morgan fingerprint density at radius 3 is 2.39 bits per heavy atom. The molecule has 124 valence electrons. The van der Waals surface area contributed by atoms with Gasteiger partial charge in [0.1, 0.15) is 11.5 Å². The molecule has 0 bridgehead atoms. The van der Waals surface area contributed by atoms with Crippen LogP contribution in [0.3, 0.4) is 0 Å². The molecule has 0 amide bonds. The molecule has 0 N–H and O–H groups in total. The minimum atomic E-state index is -0.277. The summed E-state index contributed by atoms with van der Waals surface area (Å²) < 4.78 is 7.69. The van der Waals surface area contributed by atoms with E-state index >= 15 is 0 Å². The van der Waals surface area contributed by atoms with Crippen molar-refractivity contribution in [3.05, 3.63) is 48.5 Å². The summed E-state index contributed by atoms with van der Waals surface area (Å²) >= 11 is 1.68. The quantitative estimate of drug-likeness (QED) is 0.599. The number of thioether (sulfide) groups is 1. The summed E-state index contributed by atoms with van der Waals surface area (Å²) in [5.41, 5.74) is 1.03. The molecule has 0 aliphatic heterocycles. The molecule has 2 aromatic rings. The van der Waals surface area contributed by atoms with Crippen LogP contribution in [0.2, 0.25) is 0 Å². The zero-order valence-electron chi connectivity index (χ0n) is 14.3. The van der Waals surface area contributed by atoms with Gasteiger partial charge in [-0.25, -0.2) is 4.98 Å². The molecule has 0 aliphatic carbocycles. The van der Waals surface area contributed by atoms with Crippen LogP contribution in [-0.4, -0.2) is 21.6 Å². The molecule has 1 heterocycles. The number of carbonyl (C=O) groups excluding carboxylic acids is 1. The van der Waals surface area contributed by atoms with Crippen LogP contribution in [0, 0.1) is 12.3 Å². The number of aromatic nitrogens is 2. The Balaban J connectivity index is 2.36. The van der Waals surface area contributed by atoms with Gasteiger partial charge in [-0.1, -0.05) is 50.2 Å². The van der Waals surface area contributed by atoms with Crippen molar-refractivity contribution in [3.8, 4) is 0 Å². The Morgan fingerprint density at radius 2 is 1.91 bits per heavy atom. The molecule has 5 heteroatoms. The summed E-state index contributed by atoms with van der Waals surface area (Å²) in [7, 11) is 0. The number of ether oxygens (including phenoxy) is 1. The minimum absolute atomic E-state index is 0.0795. The third-order valence-corrected chi connectivity index (χ3v) is 4.78. The van der Waals surface area contributed by atoms with Gasteiger partial charge >= 0.3 is 5.97 Å². The lowest BCUT2D eigenvalue weighted by molar-refractivity contribution is -0.153. The average Bonchev–Trinajstić information content (AvgIpc) is 2.97. The third kappa shape index (κ3) is 4.86. The number of carbonyl (C=O) groups is 1. The fraction of sp³-hybridized carbons (Fsp3) is 0.444. The molecular formula is C18H24N2O2S. The number of aryl methyl sites for hydroxylation is 1. The highest BCUT2D eigenvalue weighted by Gasteiger charge is 2.36. The zero-order valence-corrected chi connectivity index (χ0v) is 15.1. The van der Waals surface area contributed by atoms with Crippen molar-refractivity contribution in [2.24, 2.45) is 5.41 Å². The largest absolute Gasteiger partial charge is 0.459 e. The maximum Gasteiger partial charge on any atom is 0.303 e. The van der Waals surface area contributed by atoms with E-state index in [0.717, 1.165) is 4.90 Å². The standard InChI is InChI=1S/C18H24N2O2S/c1-13-6-8-15(9-7-13)23-17(20-11-10-19-12-20)16(18(3,4)5)22-14(2)21/h6-12,16-17H,1-5H3. The van der Waals surface area contributed by atoms with Gasteiger partial charge in [-0.3, -0.25) is 4.79 Å². The van der Waals surface area contributed by atoms with Gasteiger partial charge in [0, 0.05) is 29.6 Å². The van der Waals surface area contributed by atoms with Crippen LogP contribution >= 0.6 is 11.8 Å². The Morgan fingerprint density at radius 1 is 1.26 bits per heavy atom. The maximum atomic E-state index is 11.6. The first kappa shape index (κ1) is 17.6. The van der Waals surface area contributed by atoms with Crippen molar-refractivity contribution < 1.29 is 9.53 Å². The van der Waals surface area contributed by atoms with Gasteiger partial charge in [-0.15, -0.1) is 0 Å². The molecule has 0 radical (unpaired) electrons. The molecule has 4 nitrogen and oxygen atoms in total. The highest BCUT2D eigenvalue weighted by Crippen LogP contribution is 2.41. The number of esters is 1. The molecule has 23 heavy (non-hydrogen) atoms. The summed E-state index contributed by atoms with van der Waals surface area (Å²) in [6.07, 6.45) is 5.15. The normalized spacial score (nSPS) is 14.3. The van der Waals surface area contributed by atoms with E-state index < -0.39 is 0 Å². The molecule has 1 aromatic heterocycles. The smallest absolute Gasteiger partial charge is 0.303 e. The number of benzene rings is 1. The van der Waals surface area contributed by atoms with Crippen LogP contribution in [0.4, 0.5) is 0 Å². The highest BCUT2D eigenvalue weighted by atomic mass is 32.2. The van der Waals surface area contributed by atoms with Gasteiger partial charge in [-0.2, -0.15) is 0 Å². The molecule has 0 aliphatic rings. The monoisotopic (exact) mass is 332 g/mol. The van der Waals surface area contributed by atoms with Crippen molar-refractivity contribution in [2.45, 2.75) is 51.0 Å². The predicted molar refractivity (Wildman–Crippen MR) is 93.3 cm³/mol. The molecular weight excluding hydrogens is 308 g/mol. The van der Waals surface area contributed by atoms with Gasteiger partial charge < -0.3 is 9.30 Å². The summed E-state index contributed by atoms with van der Waals surface area (Å²) in [5.74, 6) is -0.264. The number of hydrogen-bond donors (Lipinski definition) is 0. The zero-order chi connectivity index (χ0) is 17.0. The first-order valence-corrected chi connectivity index (χ1v) is 8.53. The van der Waals surface area contributed by atoms with Crippen LogP contribution in [-0.2, 0) is 9.53 Å². The van der Waals surface area contributed by atoms with Crippen molar-refractivity contribution in [3.63, 3.8) is 0 Å². The molecule has 0 saturated heterocycles. The molecule has 1 aromatic carbocycles. The number of hydrogen-bond acceptors (Lipinski definition) is 4. The molecule has 2 atom stereocenters. The van der Waals surface area contributed by atoms with E-state index in [0.29, 0.717) is 0 Å².